The molecule has 0 saturated carbocycles. The minimum absolute atomic E-state index is 0.106. The van der Waals surface area contributed by atoms with E-state index in [-0.39, 0.29) is 16.9 Å². The highest BCUT2D eigenvalue weighted by Crippen LogP contribution is 2.34. The number of rotatable bonds is 4. The molecule has 22 heavy (non-hydrogen) atoms. The van der Waals surface area contributed by atoms with E-state index in [0.29, 0.717) is 4.47 Å². The summed E-state index contributed by atoms with van der Waals surface area (Å²) >= 11 is 3.26. The summed E-state index contributed by atoms with van der Waals surface area (Å²) in [5, 5.41) is 18.3. The van der Waals surface area contributed by atoms with E-state index in [9.17, 15) is 14.3 Å². The van der Waals surface area contributed by atoms with E-state index in [1.807, 2.05) is 0 Å². The summed E-state index contributed by atoms with van der Waals surface area (Å²) in [6, 6.07) is 12.1. The number of hydrogen-bond acceptors (Lipinski definition) is 3. The van der Waals surface area contributed by atoms with Gasteiger partial charge in [0.15, 0.2) is 0 Å². The fraction of sp³-hybridized carbons (Fsp3) is 0.125. The summed E-state index contributed by atoms with van der Waals surface area (Å²) in [7, 11) is 0. The van der Waals surface area contributed by atoms with Crippen LogP contribution < -0.4 is 4.74 Å². The topological polar surface area (TPSA) is 70.3 Å². The third-order valence-corrected chi connectivity index (χ3v) is 3.83. The van der Waals surface area contributed by atoms with Gasteiger partial charge in [0.25, 0.3) is 0 Å². The number of nitriles is 1. The lowest BCUT2D eigenvalue weighted by Crippen LogP contribution is -2.39. The first-order chi connectivity index (χ1) is 10.4. The van der Waals surface area contributed by atoms with Crippen LogP contribution in [0.5, 0.6) is 5.75 Å². The second kappa shape index (κ2) is 6.16. The Bertz CT molecular complexity index is 772. The van der Waals surface area contributed by atoms with E-state index in [1.165, 1.54) is 19.1 Å². The number of carbonyl (C=O) groups is 1. The molecule has 2 aromatic rings. The monoisotopic (exact) mass is 363 g/mol. The molecule has 0 aliphatic heterocycles. The van der Waals surface area contributed by atoms with Crippen LogP contribution >= 0.6 is 15.9 Å². The first-order valence-corrected chi connectivity index (χ1v) is 7.05. The first-order valence-electron chi connectivity index (χ1n) is 6.25. The summed E-state index contributed by atoms with van der Waals surface area (Å²) in [5.74, 6) is -1.88. The Morgan fingerprint density at radius 2 is 2.05 bits per heavy atom. The first kappa shape index (κ1) is 16.0. The number of aliphatic carboxylic acids is 1. The molecule has 1 unspecified atom stereocenters. The molecule has 0 aliphatic carbocycles. The average molecular weight is 364 g/mol. The molecule has 1 atom stereocenters. The summed E-state index contributed by atoms with van der Waals surface area (Å²) in [5.41, 5.74) is -1.98. The maximum absolute atomic E-state index is 14.2. The predicted molar refractivity (Wildman–Crippen MR) is 80.9 cm³/mol. The van der Waals surface area contributed by atoms with Crippen molar-refractivity contribution in [3.8, 4) is 11.8 Å². The molecule has 2 rings (SSSR count). The van der Waals surface area contributed by atoms with Crippen LogP contribution in [0.15, 0.2) is 46.9 Å². The quantitative estimate of drug-likeness (QED) is 0.895. The van der Waals surface area contributed by atoms with Crippen LogP contribution in [0.4, 0.5) is 4.39 Å². The lowest BCUT2D eigenvalue weighted by atomic mass is 9.94. The van der Waals surface area contributed by atoms with Crippen molar-refractivity contribution in [1.82, 2.24) is 0 Å². The Labute approximate surface area is 134 Å². The Hall–Kier alpha value is -2.39. The van der Waals surface area contributed by atoms with Crippen LogP contribution in [0.2, 0.25) is 0 Å². The lowest BCUT2D eigenvalue weighted by molar-refractivity contribution is -0.155. The van der Waals surface area contributed by atoms with Gasteiger partial charge < -0.3 is 9.84 Å². The van der Waals surface area contributed by atoms with E-state index >= 15 is 0 Å². The third-order valence-electron chi connectivity index (χ3n) is 3.17. The van der Waals surface area contributed by atoms with Crippen molar-refractivity contribution in [2.75, 3.05) is 0 Å². The van der Waals surface area contributed by atoms with Crippen molar-refractivity contribution in [2.24, 2.45) is 0 Å². The van der Waals surface area contributed by atoms with Crippen molar-refractivity contribution in [1.29, 1.82) is 5.26 Å². The molecule has 4 nitrogen and oxygen atoms in total. The highest BCUT2D eigenvalue weighted by molar-refractivity contribution is 9.10. The van der Waals surface area contributed by atoms with Gasteiger partial charge in [-0.2, -0.15) is 5.26 Å². The molecule has 0 aromatic heterocycles. The van der Waals surface area contributed by atoms with E-state index in [2.05, 4.69) is 15.9 Å². The van der Waals surface area contributed by atoms with Gasteiger partial charge in [0.1, 0.15) is 11.6 Å². The minimum atomic E-state index is -1.93. The SMILES string of the molecule is CC(Oc1ccccc1Br)(C(=O)O)c1ccc(C#N)cc1F. The molecule has 6 heteroatoms. The molecule has 0 spiro atoms. The van der Waals surface area contributed by atoms with E-state index in [4.69, 9.17) is 10.00 Å². The highest BCUT2D eigenvalue weighted by Gasteiger charge is 2.40. The summed E-state index contributed by atoms with van der Waals surface area (Å²) in [4.78, 5) is 11.7. The second-order valence-electron chi connectivity index (χ2n) is 4.68. The van der Waals surface area contributed by atoms with Gasteiger partial charge in [-0.05, 0) is 47.1 Å². The molecule has 0 heterocycles. The van der Waals surface area contributed by atoms with E-state index in [0.717, 1.165) is 6.07 Å². The highest BCUT2D eigenvalue weighted by atomic mass is 79.9. The summed E-state index contributed by atoms with van der Waals surface area (Å²) < 4.78 is 20.3. The molecule has 0 fully saturated rings. The van der Waals surface area contributed by atoms with Crippen molar-refractivity contribution in [2.45, 2.75) is 12.5 Å². The molecular weight excluding hydrogens is 353 g/mol. The minimum Gasteiger partial charge on any atom is -0.478 e. The number of carboxylic acids is 1. The molecule has 0 bridgehead atoms. The Morgan fingerprint density at radius 3 is 2.59 bits per heavy atom. The molecule has 0 aliphatic rings. The van der Waals surface area contributed by atoms with Gasteiger partial charge in [-0.1, -0.05) is 18.2 Å². The number of nitrogens with zero attached hydrogens (tertiary/aromatic N) is 1. The zero-order valence-electron chi connectivity index (χ0n) is 11.5. The van der Waals surface area contributed by atoms with Gasteiger partial charge in [0, 0.05) is 5.56 Å². The molecule has 112 valence electrons. The average Bonchev–Trinajstić information content (AvgIpc) is 2.49. The summed E-state index contributed by atoms with van der Waals surface area (Å²) in [6.07, 6.45) is 0. The van der Waals surface area contributed by atoms with Crippen LogP contribution in [0.25, 0.3) is 0 Å². The third kappa shape index (κ3) is 2.95. The number of ether oxygens (including phenoxy) is 1. The number of carboxylic acid groups (broad SMARTS) is 1. The molecular formula is C16H11BrFNO3. The predicted octanol–water partition coefficient (Wildman–Crippen LogP) is 3.84. The molecule has 0 amide bonds. The normalized spacial score (nSPS) is 13.0. The molecule has 2 aromatic carbocycles. The van der Waals surface area contributed by atoms with Crippen molar-refractivity contribution >= 4 is 21.9 Å². The van der Waals surface area contributed by atoms with Gasteiger partial charge in [-0.3, -0.25) is 0 Å². The lowest BCUT2D eigenvalue weighted by Gasteiger charge is -2.27. The Kier molecular flexibility index (Phi) is 4.48. The Morgan fingerprint density at radius 1 is 1.36 bits per heavy atom. The number of hydrogen-bond donors (Lipinski definition) is 1. The van der Waals surface area contributed by atoms with E-state index < -0.39 is 17.4 Å². The maximum atomic E-state index is 14.2. The number of benzene rings is 2. The van der Waals surface area contributed by atoms with Crippen molar-refractivity contribution in [3.63, 3.8) is 0 Å². The zero-order valence-corrected chi connectivity index (χ0v) is 13.1. The largest absolute Gasteiger partial charge is 0.478 e. The van der Waals surface area contributed by atoms with Crippen LogP contribution in [-0.4, -0.2) is 11.1 Å². The van der Waals surface area contributed by atoms with Crippen LogP contribution in [0.3, 0.4) is 0 Å². The van der Waals surface area contributed by atoms with Gasteiger partial charge >= 0.3 is 5.97 Å². The van der Waals surface area contributed by atoms with Gasteiger partial charge in [0.05, 0.1) is 16.1 Å². The van der Waals surface area contributed by atoms with Crippen molar-refractivity contribution < 1.29 is 19.0 Å². The molecule has 0 radical (unpaired) electrons. The number of halogens is 2. The summed E-state index contributed by atoms with van der Waals surface area (Å²) in [6.45, 7) is 1.26. The number of para-hydroxylation sites is 1. The van der Waals surface area contributed by atoms with Gasteiger partial charge in [-0.15, -0.1) is 0 Å². The van der Waals surface area contributed by atoms with Gasteiger partial charge in [0.2, 0.25) is 5.60 Å². The van der Waals surface area contributed by atoms with Crippen LogP contribution in [0, 0.1) is 17.1 Å². The van der Waals surface area contributed by atoms with Gasteiger partial charge in [-0.25, -0.2) is 9.18 Å². The molecule has 0 saturated heterocycles. The second-order valence-corrected chi connectivity index (χ2v) is 5.53. The standard InChI is InChI=1S/C16H11BrFNO3/c1-16(15(20)21,22-14-5-3-2-4-12(14)17)11-7-6-10(9-19)8-13(11)18/h2-8H,1H3,(H,20,21). The Balaban J connectivity index is 2.52. The molecule has 1 N–H and O–H groups in total. The van der Waals surface area contributed by atoms with Crippen LogP contribution in [0.1, 0.15) is 18.1 Å². The smallest absolute Gasteiger partial charge is 0.352 e. The fourth-order valence-electron chi connectivity index (χ4n) is 1.93. The van der Waals surface area contributed by atoms with E-state index in [1.54, 1.807) is 30.3 Å². The van der Waals surface area contributed by atoms with Crippen LogP contribution in [-0.2, 0) is 10.4 Å². The fourth-order valence-corrected chi connectivity index (χ4v) is 2.30. The van der Waals surface area contributed by atoms with Crippen molar-refractivity contribution in [3.05, 3.63) is 63.9 Å². The maximum Gasteiger partial charge on any atom is 0.352 e. The zero-order chi connectivity index (χ0) is 16.3.